The summed E-state index contributed by atoms with van der Waals surface area (Å²) in [5.74, 6) is 0.530. The predicted octanol–water partition coefficient (Wildman–Crippen LogP) is 0.834. The molecule has 1 saturated carbocycles. The van der Waals surface area contributed by atoms with E-state index in [-0.39, 0.29) is 5.56 Å². The number of rotatable bonds is 3. The van der Waals surface area contributed by atoms with E-state index in [2.05, 4.69) is 15.3 Å². The molecule has 1 fully saturated rings. The molecule has 25 heavy (non-hydrogen) atoms. The largest absolute Gasteiger partial charge is 0.389 e. The summed E-state index contributed by atoms with van der Waals surface area (Å²) in [6.45, 7) is 0. The Balaban J connectivity index is 1.79. The third-order valence-corrected chi connectivity index (χ3v) is 4.90. The number of imidazole rings is 1. The van der Waals surface area contributed by atoms with Gasteiger partial charge < -0.3 is 5.11 Å². The molecule has 0 unspecified atom stereocenters. The van der Waals surface area contributed by atoms with E-state index in [9.17, 15) is 9.90 Å². The van der Waals surface area contributed by atoms with E-state index in [1.807, 2.05) is 22.6 Å². The van der Waals surface area contributed by atoms with Crippen molar-refractivity contribution in [3.63, 3.8) is 0 Å². The highest BCUT2D eigenvalue weighted by Crippen LogP contribution is 2.38. The second-order valence-corrected chi connectivity index (χ2v) is 6.68. The van der Waals surface area contributed by atoms with Gasteiger partial charge in [-0.1, -0.05) is 17.3 Å². The Morgan fingerprint density at radius 3 is 2.88 bits per heavy atom. The molecule has 126 valence electrons. The lowest BCUT2D eigenvalue weighted by Crippen LogP contribution is -2.21. The van der Waals surface area contributed by atoms with Crippen LogP contribution >= 0.6 is 0 Å². The highest BCUT2D eigenvalue weighted by molar-refractivity contribution is 5.82. The van der Waals surface area contributed by atoms with Crippen LogP contribution in [0.5, 0.6) is 0 Å². The number of hydrogen-bond donors (Lipinski definition) is 1. The maximum atomic E-state index is 12.7. The monoisotopic (exact) mass is 336 g/mol. The fourth-order valence-corrected chi connectivity index (χ4v) is 3.32. The van der Waals surface area contributed by atoms with Crippen LogP contribution < -0.4 is 5.56 Å². The molecule has 0 amide bonds. The van der Waals surface area contributed by atoms with Crippen molar-refractivity contribution in [1.29, 1.82) is 0 Å². The van der Waals surface area contributed by atoms with Gasteiger partial charge in [-0.05, 0) is 25.0 Å². The van der Waals surface area contributed by atoms with E-state index < -0.39 is 5.60 Å². The van der Waals surface area contributed by atoms with Crippen molar-refractivity contribution >= 4 is 16.6 Å². The van der Waals surface area contributed by atoms with Gasteiger partial charge in [-0.3, -0.25) is 13.8 Å². The molecule has 1 aliphatic rings. The van der Waals surface area contributed by atoms with Gasteiger partial charge in [0, 0.05) is 13.5 Å². The molecule has 0 radical (unpaired) electrons. The summed E-state index contributed by atoms with van der Waals surface area (Å²) in [4.78, 5) is 17.2. The van der Waals surface area contributed by atoms with Crippen LogP contribution in [-0.2, 0) is 13.5 Å². The van der Waals surface area contributed by atoms with Crippen LogP contribution in [0, 0.1) is 0 Å². The summed E-state index contributed by atoms with van der Waals surface area (Å²) < 4.78 is 5.06. The molecule has 0 atom stereocenters. The summed E-state index contributed by atoms with van der Waals surface area (Å²) >= 11 is 0. The van der Waals surface area contributed by atoms with Gasteiger partial charge in [-0.15, -0.1) is 5.10 Å². The normalized spacial score (nSPS) is 15.9. The van der Waals surface area contributed by atoms with Gasteiger partial charge in [0.2, 0.25) is 0 Å². The van der Waals surface area contributed by atoms with Crippen molar-refractivity contribution in [2.45, 2.75) is 24.9 Å². The Labute approximate surface area is 142 Å². The summed E-state index contributed by atoms with van der Waals surface area (Å²) in [6.07, 6.45) is 5.36. The number of aryl methyl sites for hydroxylation is 1. The summed E-state index contributed by atoms with van der Waals surface area (Å²) in [7, 11) is 1.72. The average Bonchev–Trinajstić information content (AvgIpc) is 3.01. The molecule has 3 aromatic heterocycles. The fraction of sp³-hybridized carbons (Fsp3) is 0.294. The zero-order valence-corrected chi connectivity index (χ0v) is 13.6. The Kier molecular flexibility index (Phi) is 2.73. The maximum absolute atomic E-state index is 12.7. The molecule has 1 N–H and O–H groups in total. The minimum atomic E-state index is -0.659. The zero-order valence-electron chi connectivity index (χ0n) is 13.6. The molecule has 1 aliphatic carbocycles. The number of aromatic nitrogens is 6. The van der Waals surface area contributed by atoms with Crippen LogP contribution in [0.2, 0.25) is 0 Å². The van der Waals surface area contributed by atoms with Crippen molar-refractivity contribution in [3.05, 3.63) is 52.8 Å². The first kappa shape index (κ1) is 14.4. The smallest absolute Gasteiger partial charge is 0.261 e. The minimum Gasteiger partial charge on any atom is -0.389 e. The molecule has 0 aliphatic heterocycles. The van der Waals surface area contributed by atoms with Gasteiger partial charge in [0.25, 0.3) is 5.56 Å². The molecule has 0 spiro atoms. The van der Waals surface area contributed by atoms with Crippen LogP contribution in [0.3, 0.4) is 0 Å². The number of para-hydroxylation sites is 1. The van der Waals surface area contributed by atoms with E-state index >= 15 is 0 Å². The van der Waals surface area contributed by atoms with E-state index in [1.165, 1.54) is 0 Å². The highest BCUT2D eigenvalue weighted by Gasteiger charge is 2.41. The number of fused-ring (bicyclic) bond motifs is 3. The van der Waals surface area contributed by atoms with Crippen LogP contribution in [-0.4, -0.2) is 39.7 Å². The number of aliphatic hydroxyl groups is 1. The molecule has 3 heterocycles. The van der Waals surface area contributed by atoms with Crippen LogP contribution in [0.4, 0.5) is 0 Å². The second kappa shape index (κ2) is 4.76. The summed E-state index contributed by atoms with van der Waals surface area (Å²) in [5, 5.41) is 19.0. The topological polar surface area (TPSA) is 90.2 Å². The molecular weight excluding hydrogens is 320 g/mol. The molecule has 0 bridgehead atoms. The first-order valence-corrected chi connectivity index (χ1v) is 8.15. The molecule has 8 nitrogen and oxygen atoms in total. The van der Waals surface area contributed by atoms with Gasteiger partial charge in [-0.2, -0.15) is 4.68 Å². The van der Waals surface area contributed by atoms with Crippen LogP contribution in [0.1, 0.15) is 18.5 Å². The van der Waals surface area contributed by atoms with E-state index in [1.54, 1.807) is 34.9 Å². The van der Waals surface area contributed by atoms with Gasteiger partial charge in [-0.25, -0.2) is 4.98 Å². The first-order chi connectivity index (χ1) is 12.1. The predicted molar refractivity (Wildman–Crippen MR) is 90.7 cm³/mol. The average molecular weight is 336 g/mol. The third kappa shape index (κ3) is 2.04. The van der Waals surface area contributed by atoms with Gasteiger partial charge in [0.15, 0.2) is 11.5 Å². The van der Waals surface area contributed by atoms with Crippen molar-refractivity contribution in [2.24, 2.45) is 7.05 Å². The van der Waals surface area contributed by atoms with Gasteiger partial charge >= 0.3 is 0 Å². The lowest BCUT2D eigenvalue weighted by molar-refractivity contribution is 0.149. The number of hydrogen-bond acceptors (Lipinski definition) is 5. The highest BCUT2D eigenvalue weighted by atomic mass is 16.3. The van der Waals surface area contributed by atoms with Crippen molar-refractivity contribution in [1.82, 2.24) is 28.9 Å². The molecule has 4 aromatic rings. The van der Waals surface area contributed by atoms with Crippen molar-refractivity contribution in [2.75, 3.05) is 0 Å². The van der Waals surface area contributed by atoms with Crippen molar-refractivity contribution in [3.8, 4) is 5.82 Å². The standard InChI is InChI=1S/C17H16N6O2/c1-21-15-14(23-11(9-19-20-23)8-17(25)6-7-17)18-10-22(15)13-5-3-2-4-12(13)16(21)24/h2-5,9-10,25H,6-8H2,1H3. The summed E-state index contributed by atoms with van der Waals surface area (Å²) in [6, 6.07) is 7.44. The van der Waals surface area contributed by atoms with E-state index in [4.69, 9.17) is 0 Å². The first-order valence-electron chi connectivity index (χ1n) is 8.15. The Bertz CT molecular complexity index is 1180. The lowest BCUT2D eigenvalue weighted by atomic mass is 10.2. The molecule has 0 saturated heterocycles. The Morgan fingerprint density at radius 1 is 1.28 bits per heavy atom. The van der Waals surface area contributed by atoms with Gasteiger partial charge in [0.05, 0.1) is 28.4 Å². The number of nitrogens with zero attached hydrogens (tertiary/aromatic N) is 6. The fourth-order valence-electron chi connectivity index (χ4n) is 3.32. The Hall–Kier alpha value is -3.00. The molecule has 1 aromatic carbocycles. The lowest BCUT2D eigenvalue weighted by Gasteiger charge is -2.10. The van der Waals surface area contributed by atoms with E-state index in [0.29, 0.717) is 23.3 Å². The van der Waals surface area contributed by atoms with Crippen LogP contribution in [0.25, 0.3) is 22.4 Å². The third-order valence-electron chi connectivity index (χ3n) is 4.90. The van der Waals surface area contributed by atoms with Crippen LogP contribution in [0.15, 0.2) is 41.6 Å². The maximum Gasteiger partial charge on any atom is 0.261 e. The quantitative estimate of drug-likeness (QED) is 0.598. The summed E-state index contributed by atoms with van der Waals surface area (Å²) in [5.41, 5.74) is 1.46. The number of benzene rings is 1. The van der Waals surface area contributed by atoms with Crippen molar-refractivity contribution < 1.29 is 5.11 Å². The Morgan fingerprint density at radius 2 is 2.08 bits per heavy atom. The van der Waals surface area contributed by atoms with Gasteiger partial charge in [0.1, 0.15) is 6.33 Å². The SMILES string of the molecule is Cn1c(=O)c2ccccc2n2cnc(-n3nncc3CC3(O)CC3)c12. The van der Waals surface area contributed by atoms with E-state index in [0.717, 1.165) is 24.1 Å². The zero-order chi connectivity index (χ0) is 17.2. The second-order valence-electron chi connectivity index (χ2n) is 6.68. The molecule has 8 heteroatoms. The minimum absolute atomic E-state index is 0.0904. The molecule has 5 rings (SSSR count). The molecular formula is C17H16N6O2.